The van der Waals surface area contributed by atoms with Crippen LogP contribution < -0.4 is 0 Å². The van der Waals surface area contributed by atoms with Crippen molar-refractivity contribution in [1.82, 2.24) is 14.8 Å². The first-order chi connectivity index (χ1) is 10.2. The van der Waals surface area contributed by atoms with Gasteiger partial charge in [-0.3, -0.25) is 9.69 Å². The van der Waals surface area contributed by atoms with Crippen molar-refractivity contribution >= 4 is 27.5 Å². The van der Waals surface area contributed by atoms with Crippen molar-refractivity contribution < 1.29 is 14.3 Å². The van der Waals surface area contributed by atoms with Crippen molar-refractivity contribution in [2.45, 2.75) is 6.54 Å². The number of benzene rings is 1. The Kier molecular flexibility index (Phi) is 4.14. The van der Waals surface area contributed by atoms with Crippen LogP contribution >= 0.6 is 11.3 Å². The number of fused-ring (bicyclic) bond motifs is 1. The molecule has 1 aromatic heterocycles. The topological polar surface area (TPSA) is 56.7 Å². The van der Waals surface area contributed by atoms with Crippen LogP contribution in [0.15, 0.2) is 18.2 Å². The summed E-state index contributed by atoms with van der Waals surface area (Å²) >= 11 is 1.57. The van der Waals surface area contributed by atoms with Crippen molar-refractivity contribution in [2.75, 3.05) is 32.8 Å². The first-order valence-electron chi connectivity index (χ1n) is 6.81. The maximum Gasteiger partial charge on any atom is 0.248 e. The van der Waals surface area contributed by atoms with Gasteiger partial charge < -0.3 is 10.0 Å². The minimum atomic E-state index is -0.427. The predicted molar refractivity (Wildman–Crippen MR) is 78.5 cm³/mol. The van der Waals surface area contributed by atoms with Gasteiger partial charge in [-0.2, -0.15) is 0 Å². The Balaban J connectivity index is 1.63. The van der Waals surface area contributed by atoms with Gasteiger partial charge in [-0.15, -0.1) is 11.3 Å². The van der Waals surface area contributed by atoms with E-state index in [4.69, 9.17) is 5.11 Å². The largest absolute Gasteiger partial charge is 0.387 e. The molecule has 1 amide bonds. The minimum Gasteiger partial charge on any atom is -0.387 e. The molecule has 0 spiro atoms. The molecule has 2 aromatic rings. The van der Waals surface area contributed by atoms with Crippen molar-refractivity contribution in [3.63, 3.8) is 0 Å². The lowest BCUT2D eigenvalue weighted by Crippen LogP contribution is -2.49. The molecule has 112 valence electrons. The molecule has 1 aromatic carbocycles. The third-order valence-corrected chi connectivity index (χ3v) is 4.63. The molecular formula is C14H16FN3O2S. The second-order valence-corrected chi connectivity index (χ2v) is 6.15. The molecule has 1 saturated heterocycles. The molecular weight excluding hydrogens is 293 g/mol. The number of aliphatic hydroxyl groups excluding tert-OH is 1. The fourth-order valence-electron chi connectivity index (χ4n) is 2.46. The van der Waals surface area contributed by atoms with Crippen LogP contribution in [-0.4, -0.2) is 58.6 Å². The summed E-state index contributed by atoms with van der Waals surface area (Å²) in [6.45, 7) is 3.05. The van der Waals surface area contributed by atoms with Gasteiger partial charge in [0.2, 0.25) is 5.91 Å². The molecule has 1 N–H and O–H groups in total. The van der Waals surface area contributed by atoms with Crippen LogP contribution in [0.3, 0.4) is 0 Å². The maximum absolute atomic E-state index is 13.2. The van der Waals surface area contributed by atoms with Crippen LogP contribution in [0.5, 0.6) is 0 Å². The molecule has 0 radical (unpaired) electrons. The summed E-state index contributed by atoms with van der Waals surface area (Å²) in [4.78, 5) is 19.7. The van der Waals surface area contributed by atoms with Crippen LogP contribution in [0, 0.1) is 5.82 Å². The Morgan fingerprint density at radius 3 is 2.81 bits per heavy atom. The molecule has 0 atom stereocenters. The van der Waals surface area contributed by atoms with E-state index in [1.807, 2.05) is 0 Å². The second kappa shape index (κ2) is 6.05. The van der Waals surface area contributed by atoms with E-state index in [1.54, 1.807) is 22.3 Å². The van der Waals surface area contributed by atoms with Crippen molar-refractivity contribution in [1.29, 1.82) is 0 Å². The van der Waals surface area contributed by atoms with Gasteiger partial charge >= 0.3 is 0 Å². The van der Waals surface area contributed by atoms with E-state index in [1.165, 1.54) is 12.1 Å². The highest BCUT2D eigenvalue weighted by Crippen LogP contribution is 2.24. The van der Waals surface area contributed by atoms with E-state index in [0.717, 1.165) is 22.8 Å². The van der Waals surface area contributed by atoms with E-state index >= 15 is 0 Å². The molecule has 21 heavy (non-hydrogen) atoms. The molecule has 0 bridgehead atoms. The normalized spacial score (nSPS) is 16.6. The first-order valence-corrected chi connectivity index (χ1v) is 7.63. The Morgan fingerprint density at radius 1 is 1.33 bits per heavy atom. The van der Waals surface area contributed by atoms with Crippen molar-refractivity contribution in [3.05, 3.63) is 29.0 Å². The number of aromatic nitrogens is 1. The van der Waals surface area contributed by atoms with Gasteiger partial charge in [-0.1, -0.05) is 0 Å². The molecule has 2 heterocycles. The molecule has 1 aliphatic heterocycles. The molecule has 5 nitrogen and oxygen atoms in total. The summed E-state index contributed by atoms with van der Waals surface area (Å²) in [5.41, 5.74) is 0.698. The fourth-order valence-corrected chi connectivity index (χ4v) is 3.45. The Hall–Kier alpha value is -1.57. The lowest BCUT2D eigenvalue weighted by Gasteiger charge is -2.33. The van der Waals surface area contributed by atoms with Crippen LogP contribution in [0.1, 0.15) is 5.01 Å². The number of amides is 1. The number of hydrogen-bond acceptors (Lipinski definition) is 5. The third-order valence-electron chi connectivity index (χ3n) is 3.61. The smallest absolute Gasteiger partial charge is 0.248 e. The molecule has 7 heteroatoms. The minimum absolute atomic E-state index is 0.217. The quantitative estimate of drug-likeness (QED) is 0.921. The van der Waals surface area contributed by atoms with Crippen LogP contribution in [0.2, 0.25) is 0 Å². The highest BCUT2D eigenvalue weighted by molar-refractivity contribution is 7.18. The molecule has 1 aliphatic rings. The molecule has 0 saturated carbocycles. The number of aliphatic hydroxyl groups is 1. The zero-order valence-electron chi connectivity index (χ0n) is 11.5. The van der Waals surface area contributed by atoms with Crippen molar-refractivity contribution in [2.24, 2.45) is 0 Å². The molecule has 1 fully saturated rings. The van der Waals surface area contributed by atoms with E-state index in [9.17, 15) is 9.18 Å². The lowest BCUT2D eigenvalue weighted by atomic mass is 10.3. The van der Waals surface area contributed by atoms with Gasteiger partial charge in [0.05, 0.1) is 16.8 Å². The van der Waals surface area contributed by atoms with Crippen LogP contribution in [0.4, 0.5) is 4.39 Å². The van der Waals surface area contributed by atoms with Gasteiger partial charge in [-0.05, 0) is 12.1 Å². The molecule has 0 aliphatic carbocycles. The van der Waals surface area contributed by atoms with E-state index in [-0.39, 0.29) is 11.7 Å². The van der Waals surface area contributed by atoms with E-state index in [2.05, 4.69) is 9.88 Å². The highest BCUT2D eigenvalue weighted by Gasteiger charge is 2.21. The van der Waals surface area contributed by atoms with E-state index in [0.29, 0.717) is 25.2 Å². The van der Waals surface area contributed by atoms with Gasteiger partial charge in [0.1, 0.15) is 17.4 Å². The summed E-state index contributed by atoms with van der Waals surface area (Å²) in [6, 6.07) is 4.65. The standard InChI is InChI=1S/C14H16FN3O2S/c15-10-1-2-12-11(7-10)16-13(21-12)8-17-3-5-18(6-4-17)14(20)9-19/h1-2,7,19H,3-6,8-9H2. The lowest BCUT2D eigenvalue weighted by molar-refractivity contribution is -0.135. The average Bonchev–Trinajstić information content (AvgIpc) is 2.88. The molecule has 3 rings (SSSR count). The van der Waals surface area contributed by atoms with Gasteiger partial charge in [-0.25, -0.2) is 9.37 Å². The number of carbonyl (C=O) groups is 1. The van der Waals surface area contributed by atoms with Crippen molar-refractivity contribution in [3.8, 4) is 0 Å². The van der Waals surface area contributed by atoms with Crippen LogP contribution in [0.25, 0.3) is 10.2 Å². The Morgan fingerprint density at radius 2 is 2.10 bits per heavy atom. The summed E-state index contributed by atoms with van der Waals surface area (Å²) in [7, 11) is 0. The number of carbonyl (C=O) groups excluding carboxylic acids is 1. The zero-order chi connectivity index (χ0) is 14.8. The summed E-state index contributed by atoms with van der Waals surface area (Å²) < 4.78 is 14.1. The number of halogens is 1. The maximum atomic E-state index is 13.2. The van der Waals surface area contributed by atoms with E-state index < -0.39 is 6.61 Å². The first kappa shape index (κ1) is 14.4. The van der Waals surface area contributed by atoms with Gasteiger partial charge in [0, 0.05) is 32.2 Å². The number of nitrogens with zero attached hydrogens (tertiary/aromatic N) is 3. The summed E-state index contributed by atoms with van der Waals surface area (Å²) in [5.74, 6) is -0.486. The zero-order valence-corrected chi connectivity index (χ0v) is 12.3. The Labute approximate surface area is 125 Å². The number of rotatable bonds is 3. The second-order valence-electron chi connectivity index (χ2n) is 5.03. The number of piperazine rings is 1. The van der Waals surface area contributed by atoms with Crippen LogP contribution in [-0.2, 0) is 11.3 Å². The molecule has 0 unspecified atom stereocenters. The van der Waals surface area contributed by atoms with Gasteiger partial charge in [0.15, 0.2) is 0 Å². The van der Waals surface area contributed by atoms with Gasteiger partial charge in [0.25, 0.3) is 0 Å². The fraction of sp³-hybridized carbons (Fsp3) is 0.429. The summed E-state index contributed by atoms with van der Waals surface area (Å²) in [5, 5.41) is 9.80. The number of hydrogen-bond donors (Lipinski definition) is 1. The Bertz CT molecular complexity index is 653. The predicted octanol–water partition coefficient (Wildman–Crippen LogP) is 1.07. The highest BCUT2D eigenvalue weighted by atomic mass is 32.1. The average molecular weight is 309 g/mol. The number of thiazole rings is 1. The SMILES string of the molecule is O=C(CO)N1CCN(Cc2nc3cc(F)ccc3s2)CC1. The third kappa shape index (κ3) is 3.20. The monoisotopic (exact) mass is 309 g/mol. The summed E-state index contributed by atoms with van der Waals surface area (Å²) in [6.07, 6.45) is 0.